The van der Waals surface area contributed by atoms with Crippen molar-refractivity contribution in [3.05, 3.63) is 47.7 Å². The average molecular weight is 367 g/mol. The lowest BCUT2D eigenvalue weighted by atomic mass is 9.84. The molecule has 2 aliphatic rings. The van der Waals surface area contributed by atoms with E-state index in [0.29, 0.717) is 5.75 Å². The van der Waals surface area contributed by atoms with E-state index < -0.39 is 0 Å². The van der Waals surface area contributed by atoms with Crippen molar-refractivity contribution in [2.24, 2.45) is 0 Å². The zero-order chi connectivity index (χ0) is 18.9. The molecule has 27 heavy (non-hydrogen) atoms. The van der Waals surface area contributed by atoms with Gasteiger partial charge in [0.15, 0.2) is 11.5 Å². The third-order valence-electron chi connectivity index (χ3n) is 6.25. The van der Waals surface area contributed by atoms with Crippen LogP contribution in [0.15, 0.2) is 36.4 Å². The summed E-state index contributed by atoms with van der Waals surface area (Å²) in [7, 11) is 1.58. The highest BCUT2D eigenvalue weighted by atomic mass is 16.5. The third kappa shape index (κ3) is 3.61. The molecule has 4 rings (SSSR count). The number of aryl methyl sites for hydroxylation is 1. The van der Waals surface area contributed by atoms with Crippen molar-refractivity contribution in [3.8, 4) is 11.5 Å². The normalized spacial score (nSPS) is 19.6. The molecule has 3 heterocycles. The summed E-state index contributed by atoms with van der Waals surface area (Å²) in [6, 6.07) is 12.0. The topological polar surface area (TPSA) is 48.8 Å². The van der Waals surface area contributed by atoms with E-state index in [2.05, 4.69) is 41.0 Å². The van der Waals surface area contributed by atoms with E-state index in [1.54, 1.807) is 7.11 Å². The monoisotopic (exact) mass is 367 g/mol. The van der Waals surface area contributed by atoms with Gasteiger partial charge in [0.2, 0.25) is 0 Å². The van der Waals surface area contributed by atoms with Gasteiger partial charge in [-0.25, -0.2) is 4.98 Å². The van der Waals surface area contributed by atoms with Crippen LogP contribution in [0.1, 0.15) is 36.9 Å². The summed E-state index contributed by atoms with van der Waals surface area (Å²) in [5.41, 5.74) is 2.52. The van der Waals surface area contributed by atoms with Crippen molar-refractivity contribution in [3.63, 3.8) is 0 Å². The molecule has 0 aliphatic carbocycles. The van der Waals surface area contributed by atoms with Gasteiger partial charge in [0, 0.05) is 30.9 Å². The van der Waals surface area contributed by atoms with Crippen LogP contribution < -0.4 is 9.64 Å². The number of rotatable bonds is 4. The first-order valence-electron chi connectivity index (χ1n) is 9.89. The number of piperidine rings is 1. The number of methoxy groups -OCH3 is 1. The Morgan fingerprint density at radius 2 is 1.93 bits per heavy atom. The Bertz CT molecular complexity index is 800. The fraction of sp³-hybridized carbons (Fsp3) is 0.500. The molecule has 5 nitrogen and oxygen atoms in total. The second kappa shape index (κ2) is 7.39. The molecule has 0 atom stereocenters. The Morgan fingerprint density at radius 1 is 1.11 bits per heavy atom. The van der Waals surface area contributed by atoms with E-state index in [-0.39, 0.29) is 11.3 Å². The fourth-order valence-electron chi connectivity index (χ4n) is 4.72. The molecule has 0 radical (unpaired) electrons. The third-order valence-corrected chi connectivity index (χ3v) is 6.25. The average Bonchev–Trinajstić information content (AvgIpc) is 3.04. The lowest BCUT2D eigenvalue weighted by molar-refractivity contribution is 0.0995. The number of aromatic nitrogens is 1. The maximum Gasteiger partial charge on any atom is 0.160 e. The van der Waals surface area contributed by atoms with Crippen molar-refractivity contribution in [2.45, 2.75) is 44.7 Å². The highest BCUT2D eigenvalue weighted by Gasteiger charge is 2.43. The Balaban J connectivity index is 1.45. The van der Waals surface area contributed by atoms with Gasteiger partial charge in [0.1, 0.15) is 5.82 Å². The van der Waals surface area contributed by atoms with Crippen LogP contribution in [0.3, 0.4) is 0 Å². The van der Waals surface area contributed by atoms with Gasteiger partial charge in [-0.1, -0.05) is 12.1 Å². The zero-order valence-corrected chi connectivity index (χ0v) is 16.3. The summed E-state index contributed by atoms with van der Waals surface area (Å²) in [4.78, 5) is 9.76. The lowest BCUT2D eigenvalue weighted by Gasteiger charge is -2.45. The van der Waals surface area contributed by atoms with Gasteiger partial charge < -0.3 is 14.7 Å². The summed E-state index contributed by atoms with van der Waals surface area (Å²) in [5.74, 6) is 1.87. The smallest absolute Gasteiger partial charge is 0.160 e. The molecule has 144 valence electrons. The van der Waals surface area contributed by atoms with Gasteiger partial charge in [-0.15, -0.1) is 0 Å². The van der Waals surface area contributed by atoms with Gasteiger partial charge in [0.05, 0.1) is 7.11 Å². The largest absolute Gasteiger partial charge is 0.504 e. The molecular formula is C22H29N3O2. The van der Waals surface area contributed by atoms with Crippen LogP contribution in [-0.4, -0.2) is 47.3 Å². The van der Waals surface area contributed by atoms with E-state index in [1.807, 2.05) is 12.1 Å². The molecule has 2 aliphatic heterocycles. The van der Waals surface area contributed by atoms with Crippen molar-refractivity contribution in [1.82, 2.24) is 9.88 Å². The van der Waals surface area contributed by atoms with E-state index in [4.69, 9.17) is 9.72 Å². The van der Waals surface area contributed by atoms with E-state index >= 15 is 0 Å². The minimum Gasteiger partial charge on any atom is -0.504 e. The fourth-order valence-corrected chi connectivity index (χ4v) is 4.72. The molecule has 2 saturated heterocycles. The van der Waals surface area contributed by atoms with E-state index in [0.717, 1.165) is 43.3 Å². The minimum atomic E-state index is 0.226. The summed E-state index contributed by atoms with van der Waals surface area (Å²) < 4.78 is 5.17. The number of pyridine rings is 1. The van der Waals surface area contributed by atoms with Crippen LogP contribution in [0.25, 0.3) is 0 Å². The number of likely N-dealkylation sites (tertiary alicyclic amines) is 1. The van der Waals surface area contributed by atoms with Crippen molar-refractivity contribution in [2.75, 3.05) is 31.6 Å². The standard InChI is InChI=1S/C22H29N3O2/c1-17-5-3-6-21(23-17)24-13-10-22(11-14-24)9-4-12-25(22)16-18-7-8-20(27-2)19(26)15-18/h3,5-8,15,26H,4,9-14,16H2,1-2H3. The molecule has 1 N–H and O–H groups in total. The Morgan fingerprint density at radius 3 is 2.63 bits per heavy atom. The van der Waals surface area contributed by atoms with Crippen molar-refractivity contribution >= 4 is 5.82 Å². The predicted octanol–water partition coefficient (Wildman–Crippen LogP) is 3.74. The predicted molar refractivity (Wildman–Crippen MR) is 107 cm³/mol. The van der Waals surface area contributed by atoms with Crippen LogP contribution in [0.2, 0.25) is 0 Å². The van der Waals surface area contributed by atoms with Gasteiger partial charge in [-0.2, -0.15) is 0 Å². The minimum absolute atomic E-state index is 0.226. The molecule has 0 unspecified atom stereocenters. The molecule has 0 saturated carbocycles. The Labute approximate surface area is 161 Å². The number of benzene rings is 1. The molecule has 1 spiro atoms. The number of nitrogens with zero attached hydrogens (tertiary/aromatic N) is 3. The Hall–Kier alpha value is -2.27. The number of ether oxygens (including phenoxy) is 1. The van der Waals surface area contributed by atoms with Gasteiger partial charge >= 0.3 is 0 Å². The Kier molecular flexibility index (Phi) is 4.96. The van der Waals surface area contributed by atoms with Gasteiger partial charge in [0.25, 0.3) is 0 Å². The summed E-state index contributed by atoms with van der Waals surface area (Å²) >= 11 is 0. The molecule has 1 aromatic carbocycles. The maximum atomic E-state index is 10.1. The lowest BCUT2D eigenvalue weighted by Crippen LogP contribution is -2.52. The molecule has 2 aromatic rings. The molecule has 1 aromatic heterocycles. The number of phenolic OH excluding ortho intramolecular Hbond substituents is 1. The summed E-state index contributed by atoms with van der Waals surface area (Å²) in [6.45, 7) is 6.19. The summed E-state index contributed by atoms with van der Waals surface area (Å²) in [5, 5.41) is 10.1. The number of phenols is 1. The van der Waals surface area contributed by atoms with Crippen LogP contribution in [0.5, 0.6) is 11.5 Å². The highest BCUT2D eigenvalue weighted by Crippen LogP contribution is 2.40. The first-order valence-corrected chi connectivity index (χ1v) is 9.89. The number of hydrogen-bond donors (Lipinski definition) is 1. The second-order valence-corrected chi connectivity index (χ2v) is 7.88. The van der Waals surface area contributed by atoms with Crippen LogP contribution in [0.4, 0.5) is 5.82 Å². The number of hydrogen-bond acceptors (Lipinski definition) is 5. The van der Waals surface area contributed by atoms with E-state index in [1.165, 1.54) is 25.7 Å². The van der Waals surface area contributed by atoms with Crippen LogP contribution in [0, 0.1) is 6.92 Å². The molecule has 5 heteroatoms. The summed E-state index contributed by atoms with van der Waals surface area (Å²) in [6.07, 6.45) is 4.87. The first-order chi connectivity index (χ1) is 13.1. The number of anilines is 1. The van der Waals surface area contributed by atoms with E-state index in [9.17, 15) is 5.11 Å². The van der Waals surface area contributed by atoms with Crippen molar-refractivity contribution < 1.29 is 9.84 Å². The maximum absolute atomic E-state index is 10.1. The quantitative estimate of drug-likeness (QED) is 0.892. The SMILES string of the molecule is COc1ccc(CN2CCCC23CCN(c2cccc(C)n2)CC3)cc1O. The van der Waals surface area contributed by atoms with Crippen LogP contribution >= 0.6 is 0 Å². The highest BCUT2D eigenvalue weighted by molar-refractivity contribution is 5.42. The zero-order valence-electron chi connectivity index (χ0n) is 16.3. The molecule has 2 fully saturated rings. The first kappa shape index (κ1) is 18.1. The number of aromatic hydroxyl groups is 1. The molecule has 0 amide bonds. The van der Waals surface area contributed by atoms with Crippen LogP contribution in [-0.2, 0) is 6.54 Å². The van der Waals surface area contributed by atoms with Crippen molar-refractivity contribution in [1.29, 1.82) is 0 Å². The second-order valence-electron chi connectivity index (χ2n) is 7.88. The molecule has 0 bridgehead atoms. The van der Waals surface area contributed by atoms with Gasteiger partial charge in [-0.05, 0) is 69.0 Å². The molecular weight excluding hydrogens is 338 g/mol. The van der Waals surface area contributed by atoms with Gasteiger partial charge in [-0.3, -0.25) is 4.90 Å².